The molecule has 2 rings (SSSR count). The molecule has 2 amide bonds. The van der Waals surface area contributed by atoms with Gasteiger partial charge in [-0.2, -0.15) is 0 Å². The first kappa shape index (κ1) is 25.2. The minimum absolute atomic E-state index is 0.130. The molecule has 0 radical (unpaired) electrons. The number of thioether (sulfide) groups is 1. The largest absolute Gasteiger partial charge is 0.354 e. The van der Waals surface area contributed by atoms with Crippen LogP contribution >= 0.6 is 23.4 Å². The molecule has 0 spiro atoms. The zero-order valence-electron chi connectivity index (χ0n) is 18.2. The van der Waals surface area contributed by atoms with Gasteiger partial charge in [0.15, 0.2) is 0 Å². The van der Waals surface area contributed by atoms with Gasteiger partial charge in [-0.05, 0) is 30.0 Å². The van der Waals surface area contributed by atoms with Crippen LogP contribution in [0.5, 0.6) is 0 Å². The number of benzene rings is 2. The molecule has 0 heterocycles. The van der Waals surface area contributed by atoms with E-state index in [1.807, 2.05) is 51.1 Å². The van der Waals surface area contributed by atoms with Gasteiger partial charge in [0.25, 0.3) is 0 Å². The Morgan fingerprint density at radius 1 is 1.13 bits per heavy atom. The highest BCUT2D eigenvalue weighted by Crippen LogP contribution is 2.24. The van der Waals surface area contributed by atoms with Crippen molar-refractivity contribution in [2.75, 3.05) is 12.3 Å². The standard InChI is InChI=1S/C24H30ClFN2O2S/c1-4-22(24(30)27-13-17(2)3)28(14-18-9-6-5-7-10-18)23(29)16-31-15-19-20(25)11-8-12-21(19)26/h5-12,17,22H,4,13-16H2,1-3H3,(H,27,30). The second-order valence-electron chi connectivity index (χ2n) is 7.76. The molecule has 0 bridgehead atoms. The normalized spacial score (nSPS) is 11.9. The van der Waals surface area contributed by atoms with Crippen molar-refractivity contribution in [3.63, 3.8) is 0 Å². The highest BCUT2D eigenvalue weighted by atomic mass is 35.5. The molecule has 1 atom stereocenters. The Bertz CT molecular complexity index is 844. The number of hydrogen-bond acceptors (Lipinski definition) is 3. The molecule has 0 aliphatic carbocycles. The minimum atomic E-state index is -0.566. The van der Waals surface area contributed by atoms with Crippen LogP contribution in [0.1, 0.15) is 38.3 Å². The molecule has 0 saturated heterocycles. The molecule has 0 saturated carbocycles. The maximum atomic E-state index is 14.0. The molecule has 4 nitrogen and oxygen atoms in total. The first-order valence-electron chi connectivity index (χ1n) is 10.4. The lowest BCUT2D eigenvalue weighted by atomic mass is 10.1. The predicted octanol–water partition coefficient (Wildman–Crippen LogP) is 5.29. The van der Waals surface area contributed by atoms with Crippen molar-refractivity contribution in [3.05, 3.63) is 70.5 Å². The Balaban J connectivity index is 2.12. The summed E-state index contributed by atoms with van der Waals surface area (Å²) in [4.78, 5) is 27.6. The van der Waals surface area contributed by atoms with Gasteiger partial charge in [0.1, 0.15) is 11.9 Å². The number of nitrogens with zero attached hydrogens (tertiary/aromatic N) is 1. The lowest BCUT2D eigenvalue weighted by Gasteiger charge is -2.31. The summed E-state index contributed by atoms with van der Waals surface area (Å²) in [5.74, 6) is 0.0440. The summed E-state index contributed by atoms with van der Waals surface area (Å²) in [5, 5.41) is 3.29. The number of halogens is 2. The highest BCUT2D eigenvalue weighted by molar-refractivity contribution is 7.99. The molecule has 2 aromatic rings. The lowest BCUT2D eigenvalue weighted by Crippen LogP contribution is -2.50. The van der Waals surface area contributed by atoms with E-state index in [2.05, 4.69) is 5.32 Å². The molecule has 1 unspecified atom stereocenters. The van der Waals surface area contributed by atoms with Gasteiger partial charge >= 0.3 is 0 Å². The maximum absolute atomic E-state index is 14.0. The fourth-order valence-electron chi connectivity index (χ4n) is 3.12. The van der Waals surface area contributed by atoms with Crippen LogP contribution in [-0.4, -0.2) is 35.1 Å². The van der Waals surface area contributed by atoms with Gasteiger partial charge in [-0.1, -0.05) is 68.8 Å². The molecule has 1 N–H and O–H groups in total. The van der Waals surface area contributed by atoms with Crippen molar-refractivity contribution >= 4 is 35.2 Å². The Labute approximate surface area is 193 Å². The van der Waals surface area contributed by atoms with Gasteiger partial charge in [0.05, 0.1) is 5.75 Å². The monoisotopic (exact) mass is 464 g/mol. The molecule has 168 valence electrons. The number of carbonyl (C=O) groups excluding carboxylic acids is 2. The van der Waals surface area contributed by atoms with Gasteiger partial charge < -0.3 is 10.2 Å². The quantitative estimate of drug-likeness (QED) is 0.491. The zero-order chi connectivity index (χ0) is 22.8. The Morgan fingerprint density at radius 2 is 1.84 bits per heavy atom. The van der Waals surface area contributed by atoms with Gasteiger partial charge in [-0.25, -0.2) is 4.39 Å². The molecule has 0 aliphatic heterocycles. The van der Waals surface area contributed by atoms with E-state index in [0.717, 1.165) is 5.56 Å². The number of hydrogen-bond donors (Lipinski definition) is 1. The molecule has 31 heavy (non-hydrogen) atoms. The lowest BCUT2D eigenvalue weighted by molar-refractivity contribution is -0.139. The molecular formula is C24H30ClFN2O2S. The topological polar surface area (TPSA) is 49.4 Å². The van der Waals surface area contributed by atoms with Crippen molar-refractivity contribution in [1.29, 1.82) is 0 Å². The van der Waals surface area contributed by atoms with Crippen molar-refractivity contribution in [2.24, 2.45) is 5.92 Å². The van der Waals surface area contributed by atoms with Gasteiger partial charge in [0.2, 0.25) is 11.8 Å². The summed E-state index contributed by atoms with van der Waals surface area (Å²) in [6.07, 6.45) is 0.506. The minimum Gasteiger partial charge on any atom is -0.354 e. The Hall–Kier alpha value is -2.05. The molecular weight excluding hydrogens is 435 g/mol. The van der Waals surface area contributed by atoms with E-state index in [9.17, 15) is 14.0 Å². The van der Waals surface area contributed by atoms with Crippen LogP contribution in [0.2, 0.25) is 5.02 Å². The summed E-state index contributed by atoms with van der Waals surface area (Å²) in [6, 6.07) is 13.6. The van der Waals surface area contributed by atoms with E-state index in [1.165, 1.54) is 17.8 Å². The second kappa shape index (κ2) is 12.7. The highest BCUT2D eigenvalue weighted by Gasteiger charge is 2.28. The summed E-state index contributed by atoms with van der Waals surface area (Å²) in [7, 11) is 0. The molecule has 0 aliphatic rings. The number of nitrogens with one attached hydrogen (secondary N) is 1. The zero-order valence-corrected chi connectivity index (χ0v) is 19.8. The van der Waals surface area contributed by atoms with Crippen molar-refractivity contribution in [1.82, 2.24) is 10.2 Å². The second-order valence-corrected chi connectivity index (χ2v) is 9.16. The fraction of sp³-hybridized carbons (Fsp3) is 0.417. The van der Waals surface area contributed by atoms with Gasteiger partial charge in [0, 0.05) is 29.4 Å². The van der Waals surface area contributed by atoms with Crippen LogP contribution < -0.4 is 5.32 Å². The van der Waals surface area contributed by atoms with E-state index in [4.69, 9.17) is 11.6 Å². The number of amides is 2. The summed E-state index contributed by atoms with van der Waals surface area (Å²) >= 11 is 7.38. The van der Waals surface area contributed by atoms with E-state index in [1.54, 1.807) is 17.0 Å². The maximum Gasteiger partial charge on any atom is 0.242 e. The van der Waals surface area contributed by atoms with Crippen molar-refractivity contribution in [2.45, 2.75) is 45.5 Å². The molecule has 2 aromatic carbocycles. The smallest absolute Gasteiger partial charge is 0.242 e. The van der Waals surface area contributed by atoms with Gasteiger partial charge in [-0.15, -0.1) is 11.8 Å². The van der Waals surface area contributed by atoms with Crippen LogP contribution in [0.15, 0.2) is 48.5 Å². The SMILES string of the molecule is CCC(C(=O)NCC(C)C)N(Cc1ccccc1)C(=O)CSCc1c(F)cccc1Cl. The average Bonchev–Trinajstić information content (AvgIpc) is 2.74. The third-order valence-corrected chi connectivity index (χ3v) is 6.10. The van der Waals surface area contributed by atoms with E-state index >= 15 is 0 Å². The van der Waals surface area contributed by atoms with E-state index in [0.29, 0.717) is 36.0 Å². The molecule has 0 fully saturated rings. The van der Waals surface area contributed by atoms with E-state index in [-0.39, 0.29) is 29.1 Å². The van der Waals surface area contributed by atoms with Crippen LogP contribution in [-0.2, 0) is 21.9 Å². The summed E-state index contributed by atoms with van der Waals surface area (Å²) in [6.45, 7) is 6.85. The third-order valence-electron chi connectivity index (χ3n) is 4.80. The van der Waals surface area contributed by atoms with Crippen LogP contribution in [0.3, 0.4) is 0 Å². The summed E-state index contributed by atoms with van der Waals surface area (Å²) < 4.78 is 14.0. The first-order valence-corrected chi connectivity index (χ1v) is 12.0. The van der Waals surface area contributed by atoms with Gasteiger partial charge in [-0.3, -0.25) is 9.59 Å². The Kier molecular flexibility index (Phi) is 10.3. The van der Waals surface area contributed by atoms with Crippen LogP contribution in [0.4, 0.5) is 4.39 Å². The van der Waals surface area contributed by atoms with Crippen molar-refractivity contribution in [3.8, 4) is 0 Å². The third kappa shape index (κ3) is 7.86. The Morgan fingerprint density at radius 3 is 2.45 bits per heavy atom. The van der Waals surface area contributed by atoms with Crippen LogP contribution in [0, 0.1) is 11.7 Å². The number of rotatable bonds is 11. The van der Waals surface area contributed by atoms with Crippen molar-refractivity contribution < 1.29 is 14.0 Å². The van der Waals surface area contributed by atoms with Crippen LogP contribution in [0.25, 0.3) is 0 Å². The molecule has 0 aromatic heterocycles. The average molecular weight is 465 g/mol. The number of carbonyl (C=O) groups is 2. The molecule has 7 heteroatoms. The predicted molar refractivity (Wildman–Crippen MR) is 126 cm³/mol. The summed E-state index contributed by atoms with van der Waals surface area (Å²) in [5.41, 5.74) is 1.34. The first-order chi connectivity index (χ1) is 14.8. The fourth-order valence-corrected chi connectivity index (χ4v) is 4.36. The van der Waals surface area contributed by atoms with E-state index < -0.39 is 6.04 Å².